The monoisotopic (exact) mass is 398 g/mol. The molecular weight excluding hydrogens is 372 g/mol. The Labute approximate surface area is 172 Å². The molecule has 148 valence electrons. The van der Waals surface area contributed by atoms with Crippen molar-refractivity contribution < 1.29 is 14.3 Å². The molecule has 0 spiro atoms. The molecule has 1 aliphatic heterocycles. The minimum Gasteiger partial charge on any atom is -0.420 e. The topological polar surface area (TPSA) is 35.5 Å². The summed E-state index contributed by atoms with van der Waals surface area (Å²) in [6.45, 7) is 6.93. The van der Waals surface area contributed by atoms with Gasteiger partial charge in [0.1, 0.15) is 0 Å². The lowest BCUT2D eigenvalue weighted by Crippen LogP contribution is -2.38. The van der Waals surface area contributed by atoms with Gasteiger partial charge in [0.2, 0.25) is 0 Å². The number of carbonyl (C=O) groups excluding carboxylic acids is 1. The minimum absolute atomic E-state index is 0.0493. The van der Waals surface area contributed by atoms with E-state index in [4.69, 9.17) is 21.1 Å². The average molecular weight is 399 g/mol. The normalized spacial score (nSPS) is 27.4. The summed E-state index contributed by atoms with van der Waals surface area (Å²) < 4.78 is 12.6. The lowest BCUT2D eigenvalue weighted by atomic mass is 9.72. The maximum absolute atomic E-state index is 12.6. The molecule has 0 amide bonds. The average Bonchev–Trinajstić information content (AvgIpc) is 2.95. The molecule has 4 rings (SSSR count). The van der Waals surface area contributed by atoms with Gasteiger partial charge in [-0.15, -0.1) is 0 Å². The minimum atomic E-state index is -1.20. The van der Waals surface area contributed by atoms with Gasteiger partial charge in [-0.1, -0.05) is 62.7 Å². The maximum atomic E-state index is 12.6. The Balaban J connectivity index is 1.67. The van der Waals surface area contributed by atoms with Gasteiger partial charge in [-0.25, -0.2) is 4.79 Å². The number of fused-ring (bicyclic) bond motifs is 1. The van der Waals surface area contributed by atoms with E-state index in [1.807, 2.05) is 42.5 Å². The van der Waals surface area contributed by atoms with E-state index >= 15 is 0 Å². The fourth-order valence-electron chi connectivity index (χ4n) is 4.51. The Morgan fingerprint density at radius 2 is 1.64 bits per heavy atom. The third-order valence-electron chi connectivity index (χ3n) is 6.19. The highest BCUT2D eigenvalue weighted by Gasteiger charge is 2.50. The lowest BCUT2D eigenvalue weighted by molar-refractivity contribution is -0.211. The number of halogens is 1. The zero-order valence-corrected chi connectivity index (χ0v) is 17.5. The van der Waals surface area contributed by atoms with Gasteiger partial charge < -0.3 is 9.47 Å². The first kappa shape index (κ1) is 19.5. The van der Waals surface area contributed by atoms with E-state index in [1.54, 1.807) is 6.07 Å². The summed E-state index contributed by atoms with van der Waals surface area (Å²) in [5.41, 5.74) is 2.46. The first-order chi connectivity index (χ1) is 13.3. The number of hydrogen-bond donors (Lipinski definition) is 0. The van der Waals surface area contributed by atoms with E-state index in [9.17, 15) is 4.79 Å². The zero-order chi connectivity index (χ0) is 19.9. The number of benzene rings is 2. The fraction of sp³-hybridized carbons (Fsp3) is 0.458. The molecule has 0 bridgehead atoms. The molecule has 0 unspecified atom stereocenters. The number of ether oxygens (including phenoxy) is 2. The van der Waals surface area contributed by atoms with Gasteiger partial charge in [0.05, 0.1) is 11.7 Å². The molecule has 0 aromatic heterocycles. The second-order valence-corrected chi connectivity index (χ2v) is 9.45. The van der Waals surface area contributed by atoms with Gasteiger partial charge in [0.25, 0.3) is 5.79 Å². The highest BCUT2D eigenvalue weighted by atomic mass is 35.5. The van der Waals surface area contributed by atoms with Crippen LogP contribution in [0.25, 0.3) is 0 Å². The fourth-order valence-corrected chi connectivity index (χ4v) is 4.64. The van der Waals surface area contributed by atoms with Gasteiger partial charge in [-0.2, -0.15) is 0 Å². The van der Waals surface area contributed by atoms with E-state index in [0.717, 1.165) is 36.8 Å². The molecule has 1 heterocycles. The van der Waals surface area contributed by atoms with E-state index < -0.39 is 5.79 Å². The predicted octanol–water partition coefficient (Wildman–Crippen LogP) is 6.33. The van der Waals surface area contributed by atoms with E-state index in [1.165, 1.54) is 0 Å². The Morgan fingerprint density at radius 3 is 2.29 bits per heavy atom. The highest BCUT2D eigenvalue weighted by Crippen LogP contribution is 2.47. The third kappa shape index (κ3) is 3.46. The van der Waals surface area contributed by atoms with Crippen LogP contribution < -0.4 is 0 Å². The molecule has 1 aliphatic carbocycles. The molecule has 0 N–H and O–H groups in total. The largest absolute Gasteiger partial charge is 0.420 e. The van der Waals surface area contributed by atoms with Crippen LogP contribution in [0.4, 0.5) is 0 Å². The standard InChI is InChI=1S/C24H27ClO3/c1-23(2,3)16-10-14-19(15-11-16)27-24(17-8-12-18(25)13-9-17)21-7-5-4-6-20(21)22(26)28-24/h4-9,12-13,16,19H,10-11,14-15H2,1-3H3/t16?,19?,24-/m0/s1. The zero-order valence-electron chi connectivity index (χ0n) is 16.7. The number of rotatable bonds is 3. The van der Waals surface area contributed by atoms with Crippen molar-refractivity contribution in [2.45, 2.75) is 58.3 Å². The number of carbonyl (C=O) groups is 1. The molecule has 3 nitrogen and oxygen atoms in total. The highest BCUT2D eigenvalue weighted by molar-refractivity contribution is 6.30. The summed E-state index contributed by atoms with van der Waals surface area (Å²) in [6, 6.07) is 14.9. The first-order valence-corrected chi connectivity index (χ1v) is 10.4. The summed E-state index contributed by atoms with van der Waals surface area (Å²) in [4.78, 5) is 12.6. The molecule has 1 atom stereocenters. The number of esters is 1. The van der Waals surface area contributed by atoms with Crippen molar-refractivity contribution >= 4 is 17.6 Å². The van der Waals surface area contributed by atoms with Crippen LogP contribution in [-0.4, -0.2) is 12.1 Å². The molecule has 0 radical (unpaired) electrons. The summed E-state index contributed by atoms with van der Waals surface area (Å²) in [7, 11) is 0. The maximum Gasteiger partial charge on any atom is 0.341 e. The van der Waals surface area contributed by atoms with Crippen molar-refractivity contribution in [3.63, 3.8) is 0 Å². The Morgan fingerprint density at radius 1 is 1.00 bits per heavy atom. The SMILES string of the molecule is CC(C)(C)C1CCC(O[C@@]2(c3ccc(Cl)cc3)OC(=O)c3ccccc32)CC1. The van der Waals surface area contributed by atoms with Crippen LogP contribution in [0.3, 0.4) is 0 Å². The van der Waals surface area contributed by atoms with Crippen molar-refractivity contribution in [2.24, 2.45) is 11.3 Å². The Bertz CT molecular complexity index is 860. The van der Waals surface area contributed by atoms with E-state index in [0.29, 0.717) is 21.9 Å². The molecule has 2 aromatic rings. The van der Waals surface area contributed by atoms with Gasteiger partial charge in [-0.3, -0.25) is 0 Å². The first-order valence-electron chi connectivity index (χ1n) is 10.1. The summed E-state index contributed by atoms with van der Waals surface area (Å²) in [5, 5.41) is 0.641. The summed E-state index contributed by atoms with van der Waals surface area (Å²) in [6.07, 6.45) is 4.24. The van der Waals surface area contributed by atoms with Crippen molar-refractivity contribution in [3.05, 3.63) is 70.2 Å². The quantitative estimate of drug-likeness (QED) is 0.566. The van der Waals surface area contributed by atoms with Crippen molar-refractivity contribution in [2.75, 3.05) is 0 Å². The molecule has 1 fully saturated rings. The summed E-state index contributed by atoms with van der Waals surface area (Å²) in [5.74, 6) is -0.844. The van der Waals surface area contributed by atoms with E-state index in [-0.39, 0.29) is 12.1 Å². The van der Waals surface area contributed by atoms with Crippen LogP contribution >= 0.6 is 11.6 Å². The van der Waals surface area contributed by atoms with Crippen molar-refractivity contribution in [1.29, 1.82) is 0 Å². The molecule has 2 aliphatic rings. The lowest BCUT2D eigenvalue weighted by Gasteiger charge is -2.40. The van der Waals surface area contributed by atoms with Gasteiger partial charge in [0.15, 0.2) is 0 Å². The third-order valence-corrected chi connectivity index (χ3v) is 6.45. The van der Waals surface area contributed by atoms with Crippen LogP contribution in [0, 0.1) is 11.3 Å². The van der Waals surface area contributed by atoms with Crippen molar-refractivity contribution in [1.82, 2.24) is 0 Å². The molecule has 0 saturated heterocycles. The van der Waals surface area contributed by atoms with Gasteiger partial charge in [0, 0.05) is 16.1 Å². The second kappa shape index (κ2) is 7.20. The van der Waals surface area contributed by atoms with E-state index in [2.05, 4.69) is 20.8 Å². The number of hydrogen-bond acceptors (Lipinski definition) is 3. The van der Waals surface area contributed by atoms with Gasteiger partial charge in [-0.05, 0) is 55.2 Å². The Kier molecular flexibility index (Phi) is 5.01. The Hall–Kier alpha value is -1.84. The summed E-state index contributed by atoms with van der Waals surface area (Å²) >= 11 is 6.09. The molecule has 2 aromatic carbocycles. The van der Waals surface area contributed by atoms with Crippen LogP contribution in [0.15, 0.2) is 48.5 Å². The molecular formula is C24H27ClO3. The van der Waals surface area contributed by atoms with Gasteiger partial charge >= 0.3 is 5.97 Å². The van der Waals surface area contributed by atoms with Crippen LogP contribution in [0.5, 0.6) is 0 Å². The van der Waals surface area contributed by atoms with Crippen LogP contribution in [0.2, 0.25) is 5.02 Å². The van der Waals surface area contributed by atoms with Crippen molar-refractivity contribution in [3.8, 4) is 0 Å². The van der Waals surface area contributed by atoms with Crippen LogP contribution in [0.1, 0.15) is 67.9 Å². The predicted molar refractivity (Wildman–Crippen MR) is 110 cm³/mol. The van der Waals surface area contributed by atoms with Crippen LogP contribution in [-0.2, 0) is 15.3 Å². The smallest absolute Gasteiger partial charge is 0.341 e. The number of cyclic esters (lactones) is 1. The molecule has 1 saturated carbocycles. The molecule has 4 heteroatoms. The second-order valence-electron chi connectivity index (χ2n) is 9.02. The molecule has 28 heavy (non-hydrogen) atoms.